The minimum absolute atomic E-state index is 0.0425. The fourth-order valence-corrected chi connectivity index (χ4v) is 3.62. The Hall–Kier alpha value is -1.02. The molecule has 0 saturated carbocycles. The molecule has 0 amide bonds. The van der Waals surface area contributed by atoms with E-state index in [1.165, 1.54) is 16.4 Å². The summed E-state index contributed by atoms with van der Waals surface area (Å²) in [6.45, 7) is 3.85. The molecule has 1 rings (SSSR count). The maximum absolute atomic E-state index is 12.5. The Kier molecular flexibility index (Phi) is 6.07. The summed E-state index contributed by atoms with van der Waals surface area (Å²) in [6, 6.07) is 6.01. The molecule has 0 atom stereocenters. The first-order chi connectivity index (χ1) is 9.30. The normalized spacial score (nSPS) is 12.1. The van der Waals surface area contributed by atoms with Crippen molar-refractivity contribution in [3.8, 4) is 0 Å². The van der Waals surface area contributed by atoms with Gasteiger partial charge in [-0.2, -0.15) is 4.31 Å². The second kappa shape index (κ2) is 7.12. The largest absolute Gasteiger partial charge is 0.396 e. The lowest BCUT2D eigenvalue weighted by Gasteiger charge is -2.25. The molecule has 0 spiro atoms. The molecule has 7 heteroatoms. The zero-order chi connectivity index (χ0) is 15.3. The highest BCUT2D eigenvalue weighted by molar-refractivity contribution is 7.89. The molecular formula is C13H20N2O3S2. The molecule has 5 nitrogen and oxygen atoms in total. The number of rotatable bonds is 7. The first-order valence-corrected chi connectivity index (χ1v) is 8.18. The lowest BCUT2D eigenvalue weighted by molar-refractivity contribution is 0.258. The van der Waals surface area contributed by atoms with Gasteiger partial charge in [0.15, 0.2) is 0 Å². The maximum Gasteiger partial charge on any atom is 0.243 e. The molecule has 0 saturated heterocycles. The third-order valence-electron chi connectivity index (χ3n) is 2.86. The Labute approximate surface area is 125 Å². The summed E-state index contributed by atoms with van der Waals surface area (Å²) in [5.41, 5.74) is 6.12. The molecule has 0 radical (unpaired) electrons. The molecular weight excluding hydrogens is 296 g/mol. The lowest BCUT2D eigenvalue weighted by Crippen LogP contribution is -2.38. The minimum Gasteiger partial charge on any atom is -0.396 e. The minimum atomic E-state index is -3.58. The summed E-state index contributed by atoms with van der Waals surface area (Å²) in [7, 11) is -3.58. The summed E-state index contributed by atoms with van der Waals surface area (Å²) in [4.78, 5) is 0.430. The summed E-state index contributed by atoms with van der Waals surface area (Å²) in [6.07, 6.45) is 0.405. The quantitative estimate of drug-likeness (QED) is 0.736. The number of nitrogens with zero attached hydrogens (tertiary/aromatic N) is 1. The van der Waals surface area contributed by atoms with Crippen molar-refractivity contribution >= 4 is 27.2 Å². The van der Waals surface area contributed by atoms with Crippen molar-refractivity contribution in [2.45, 2.75) is 31.2 Å². The van der Waals surface area contributed by atoms with E-state index < -0.39 is 10.0 Å². The van der Waals surface area contributed by atoms with E-state index >= 15 is 0 Å². The van der Waals surface area contributed by atoms with Gasteiger partial charge in [-0.05, 0) is 32.4 Å². The van der Waals surface area contributed by atoms with Gasteiger partial charge >= 0.3 is 0 Å². The first-order valence-electron chi connectivity index (χ1n) is 6.33. The topological polar surface area (TPSA) is 83.6 Å². The summed E-state index contributed by atoms with van der Waals surface area (Å²) >= 11 is 4.84. The van der Waals surface area contributed by atoms with Crippen LogP contribution in [0.4, 0.5) is 0 Å². The fourth-order valence-electron chi connectivity index (χ4n) is 1.81. The van der Waals surface area contributed by atoms with Gasteiger partial charge in [0, 0.05) is 24.8 Å². The number of hydrogen-bond donors (Lipinski definition) is 2. The average molecular weight is 316 g/mol. The van der Waals surface area contributed by atoms with Gasteiger partial charge in [-0.3, -0.25) is 0 Å². The van der Waals surface area contributed by atoms with Gasteiger partial charge in [-0.25, -0.2) is 8.42 Å². The van der Waals surface area contributed by atoms with Crippen LogP contribution in [0, 0.1) is 0 Å². The van der Waals surface area contributed by atoms with E-state index in [0.717, 1.165) is 0 Å². The van der Waals surface area contributed by atoms with Gasteiger partial charge in [-0.1, -0.05) is 24.4 Å². The van der Waals surface area contributed by atoms with Crippen LogP contribution in [0.5, 0.6) is 0 Å². The molecule has 0 aromatic heterocycles. The van der Waals surface area contributed by atoms with Crippen LogP contribution in [0.15, 0.2) is 29.2 Å². The van der Waals surface area contributed by atoms with Gasteiger partial charge in [0.25, 0.3) is 0 Å². The van der Waals surface area contributed by atoms with Crippen molar-refractivity contribution in [3.05, 3.63) is 29.8 Å². The Morgan fingerprint density at radius 2 is 1.90 bits per heavy atom. The molecule has 20 heavy (non-hydrogen) atoms. The van der Waals surface area contributed by atoms with E-state index in [-0.39, 0.29) is 29.1 Å². The van der Waals surface area contributed by atoms with Crippen molar-refractivity contribution in [1.29, 1.82) is 0 Å². The maximum atomic E-state index is 12.5. The van der Waals surface area contributed by atoms with Crippen LogP contribution in [0.1, 0.15) is 25.8 Å². The number of thiocarbonyl (C=S) groups is 1. The predicted molar refractivity (Wildman–Crippen MR) is 83.1 cm³/mol. The molecule has 1 aromatic rings. The van der Waals surface area contributed by atoms with Gasteiger partial charge in [0.1, 0.15) is 4.99 Å². The highest BCUT2D eigenvalue weighted by Gasteiger charge is 2.26. The van der Waals surface area contributed by atoms with Crippen molar-refractivity contribution in [1.82, 2.24) is 4.31 Å². The average Bonchev–Trinajstić information content (AvgIpc) is 2.38. The first kappa shape index (κ1) is 17.0. The monoisotopic (exact) mass is 316 g/mol. The van der Waals surface area contributed by atoms with Gasteiger partial charge in [-0.15, -0.1) is 0 Å². The van der Waals surface area contributed by atoms with Crippen LogP contribution in [0.25, 0.3) is 0 Å². The van der Waals surface area contributed by atoms with Crippen LogP contribution in [-0.2, 0) is 10.0 Å². The highest BCUT2D eigenvalue weighted by atomic mass is 32.2. The van der Waals surface area contributed by atoms with Gasteiger partial charge < -0.3 is 10.8 Å². The summed E-state index contributed by atoms with van der Waals surface area (Å²) in [5, 5.41) is 8.88. The smallest absolute Gasteiger partial charge is 0.243 e. The van der Waals surface area contributed by atoms with Crippen molar-refractivity contribution < 1.29 is 13.5 Å². The zero-order valence-electron chi connectivity index (χ0n) is 11.6. The van der Waals surface area contributed by atoms with E-state index in [2.05, 4.69) is 0 Å². The Morgan fingerprint density at radius 3 is 2.30 bits per heavy atom. The van der Waals surface area contributed by atoms with Crippen LogP contribution in [0.3, 0.4) is 0 Å². The third kappa shape index (κ3) is 3.99. The zero-order valence-corrected chi connectivity index (χ0v) is 13.2. The van der Waals surface area contributed by atoms with E-state index in [9.17, 15) is 8.42 Å². The highest BCUT2D eigenvalue weighted by Crippen LogP contribution is 2.19. The van der Waals surface area contributed by atoms with Crippen LogP contribution < -0.4 is 5.73 Å². The number of benzene rings is 1. The second-order valence-corrected chi connectivity index (χ2v) is 7.01. The number of aliphatic hydroxyl groups is 1. The molecule has 0 aliphatic rings. The molecule has 112 valence electrons. The Morgan fingerprint density at radius 1 is 1.35 bits per heavy atom. The van der Waals surface area contributed by atoms with Gasteiger partial charge in [0.05, 0.1) is 4.90 Å². The molecule has 0 heterocycles. The number of sulfonamides is 1. The summed E-state index contributed by atoms with van der Waals surface area (Å²) in [5.74, 6) is 0. The summed E-state index contributed by atoms with van der Waals surface area (Å²) < 4.78 is 26.5. The van der Waals surface area contributed by atoms with E-state index in [0.29, 0.717) is 12.0 Å². The van der Waals surface area contributed by atoms with Crippen molar-refractivity contribution in [2.24, 2.45) is 5.73 Å². The Balaban J connectivity index is 3.09. The molecule has 0 aliphatic carbocycles. The third-order valence-corrected chi connectivity index (χ3v) is 5.18. The van der Waals surface area contributed by atoms with Crippen molar-refractivity contribution in [3.63, 3.8) is 0 Å². The second-order valence-electron chi connectivity index (χ2n) is 4.68. The van der Waals surface area contributed by atoms with E-state index in [1.54, 1.807) is 26.0 Å². The van der Waals surface area contributed by atoms with E-state index in [4.69, 9.17) is 23.1 Å². The SMILES string of the molecule is CC(C)N(CCCO)S(=O)(=O)c1ccc(C(N)=S)cc1. The number of hydrogen-bond acceptors (Lipinski definition) is 4. The van der Waals surface area contributed by atoms with Crippen molar-refractivity contribution in [2.75, 3.05) is 13.2 Å². The van der Waals surface area contributed by atoms with Crippen LogP contribution in [0.2, 0.25) is 0 Å². The predicted octanol–water partition coefficient (Wildman–Crippen LogP) is 1.10. The fraction of sp³-hybridized carbons (Fsp3) is 0.462. The molecule has 1 aromatic carbocycles. The lowest BCUT2D eigenvalue weighted by atomic mass is 10.2. The molecule has 0 unspecified atom stereocenters. The van der Waals surface area contributed by atoms with Gasteiger partial charge in [0.2, 0.25) is 10.0 Å². The molecule has 0 bridgehead atoms. The standard InChI is InChI=1S/C13H20N2O3S2/c1-10(2)15(8-3-9-16)20(17,18)12-6-4-11(5-7-12)13(14)19/h4-7,10,16H,3,8-9H2,1-2H3,(H2,14,19). The van der Waals surface area contributed by atoms with E-state index in [1.807, 2.05) is 0 Å². The molecule has 0 fully saturated rings. The van der Waals surface area contributed by atoms with Crippen LogP contribution >= 0.6 is 12.2 Å². The number of nitrogens with two attached hydrogens (primary N) is 1. The molecule has 3 N–H and O–H groups in total. The Bertz CT molecular complexity index is 553. The number of aliphatic hydroxyl groups excluding tert-OH is 1. The molecule has 0 aliphatic heterocycles. The van der Waals surface area contributed by atoms with Crippen LogP contribution in [-0.4, -0.2) is 42.0 Å².